The van der Waals surface area contributed by atoms with Crippen LogP contribution in [0, 0.1) is 11.8 Å². The molecule has 2 aliphatic heterocycles. The van der Waals surface area contributed by atoms with Crippen molar-refractivity contribution < 1.29 is 55.0 Å². The molecule has 2 aliphatic rings. The second-order valence-electron chi connectivity index (χ2n) is 16.9. The minimum atomic E-state index is -3.69. The van der Waals surface area contributed by atoms with E-state index in [4.69, 9.17) is 30.4 Å². The highest BCUT2D eigenvalue weighted by molar-refractivity contribution is 7.92. The summed E-state index contributed by atoms with van der Waals surface area (Å²) in [5.41, 5.74) is 11.7. The number of hydrogen-bond acceptors (Lipinski definition) is 14. The molecule has 2 fully saturated rings. The lowest BCUT2D eigenvalue weighted by atomic mass is 9.93. The molecule has 4 N–H and O–H groups in total. The van der Waals surface area contributed by atoms with Gasteiger partial charge in [-0.05, 0) is 130 Å². The molecule has 0 saturated carbocycles. The summed E-state index contributed by atoms with van der Waals surface area (Å²) in [4.78, 5) is 53.5. The molecule has 2 heterocycles. The Morgan fingerprint density at radius 1 is 0.621 bits per heavy atom. The Morgan fingerprint density at radius 3 is 1.19 bits per heavy atom. The Balaban J connectivity index is 0.000000310. The second kappa shape index (κ2) is 18.1. The number of rotatable bonds is 8. The Hall–Kier alpha value is -4.58. The Bertz CT molecular complexity index is 1920. The van der Waals surface area contributed by atoms with Crippen LogP contribution in [0.1, 0.15) is 105 Å². The molecule has 0 unspecified atom stereocenters. The first-order valence-corrected chi connectivity index (χ1v) is 22.1. The number of carbonyl (C=O) groups is 4. The summed E-state index contributed by atoms with van der Waals surface area (Å²) in [7, 11) is -4.85. The first-order valence-electron chi connectivity index (χ1n) is 19.0. The van der Waals surface area contributed by atoms with Crippen molar-refractivity contribution in [2.24, 2.45) is 11.8 Å². The molecule has 4 atom stereocenters. The van der Waals surface area contributed by atoms with E-state index in [1.807, 2.05) is 0 Å². The molecule has 16 nitrogen and oxygen atoms in total. The fourth-order valence-corrected chi connectivity index (χ4v) is 9.37. The molecule has 0 radical (unpaired) electrons. The number of amides is 2. The SMILES string of the molecule is COC(=O)[C@@H]1CCN(C(=O)OC(C)(C)C)[C@@H]1c1cc(N)ccc1S(=O)(=O)C(C)C.COC(=O)[C@H]1CCN(C(=O)OC(C)(C)C)[C@H]1c1cc(N)ccc1S(=O)(=O)C(C)C. The fourth-order valence-electron chi connectivity index (χ4n) is 6.82. The van der Waals surface area contributed by atoms with E-state index in [9.17, 15) is 36.0 Å². The molecule has 0 bridgehead atoms. The number of ether oxygens (including phenoxy) is 4. The number of benzene rings is 2. The first kappa shape index (κ1) is 47.8. The van der Waals surface area contributed by atoms with Gasteiger partial charge in [-0.25, -0.2) is 26.4 Å². The number of anilines is 2. The quantitative estimate of drug-likeness (QED) is 0.180. The van der Waals surface area contributed by atoms with Gasteiger partial charge in [0.15, 0.2) is 19.7 Å². The number of nitrogen functional groups attached to an aromatic ring is 2. The van der Waals surface area contributed by atoms with E-state index in [2.05, 4.69) is 0 Å². The zero-order chi connectivity index (χ0) is 44.3. The lowest BCUT2D eigenvalue weighted by Crippen LogP contribution is -2.39. The highest BCUT2D eigenvalue weighted by Crippen LogP contribution is 2.44. The van der Waals surface area contributed by atoms with Crippen molar-refractivity contribution in [3.05, 3.63) is 47.5 Å². The summed E-state index contributed by atoms with van der Waals surface area (Å²) in [6, 6.07) is 7.17. The van der Waals surface area contributed by atoms with E-state index >= 15 is 0 Å². The second-order valence-corrected chi connectivity index (χ2v) is 21.8. The number of nitrogens with two attached hydrogens (primary N) is 2. The molecule has 0 aliphatic carbocycles. The van der Waals surface area contributed by atoms with E-state index in [0.717, 1.165) is 0 Å². The molecular formula is C40H60N4O12S2. The highest BCUT2D eigenvalue weighted by atomic mass is 32.2. The number of likely N-dealkylation sites (tertiary alicyclic amines) is 2. The molecular weight excluding hydrogens is 793 g/mol. The van der Waals surface area contributed by atoms with Gasteiger partial charge < -0.3 is 40.2 Å². The maximum atomic E-state index is 13.0. The van der Waals surface area contributed by atoms with Crippen molar-refractivity contribution in [1.82, 2.24) is 9.80 Å². The molecule has 58 heavy (non-hydrogen) atoms. The van der Waals surface area contributed by atoms with Gasteiger partial charge in [0.25, 0.3) is 0 Å². The van der Waals surface area contributed by atoms with Crippen LogP contribution in [0.15, 0.2) is 46.2 Å². The maximum absolute atomic E-state index is 13.0. The summed E-state index contributed by atoms with van der Waals surface area (Å²) < 4.78 is 72.7. The normalized spacial score (nSPS) is 20.0. The number of carbonyl (C=O) groups excluding carboxylic acids is 4. The average Bonchev–Trinajstić information content (AvgIpc) is 3.75. The van der Waals surface area contributed by atoms with Gasteiger partial charge in [-0.15, -0.1) is 0 Å². The van der Waals surface area contributed by atoms with E-state index in [1.54, 1.807) is 69.2 Å². The van der Waals surface area contributed by atoms with Crippen LogP contribution in [0.5, 0.6) is 0 Å². The number of methoxy groups -OCH3 is 2. The minimum Gasteiger partial charge on any atom is -0.469 e. The van der Waals surface area contributed by atoms with Crippen LogP contribution in [-0.4, -0.2) is 99.8 Å². The molecule has 0 spiro atoms. The molecule has 2 saturated heterocycles. The Labute approximate surface area is 342 Å². The van der Waals surface area contributed by atoms with E-state index < -0.39 is 89.4 Å². The van der Waals surface area contributed by atoms with Gasteiger partial charge in [-0.3, -0.25) is 9.59 Å². The van der Waals surface area contributed by atoms with Gasteiger partial charge in [-0.2, -0.15) is 0 Å². The zero-order valence-electron chi connectivity index (χ0n) is 35.5. The lowest BCUT2D eigenvalue weighted by Gasteiger charge is -2.31. The topological polar surface area (TPSA) is 232 Å². The monoisotopic (exact) mass is 852 g/mol. The van der Waals surface area contributed by atoms with Crippen molar-refractivity contribution in [2.45, 2.75) is 126 Å². The fraction of sp³-hybridized carbons (Fsp3) is 0.600. The number of sulfone groups is 2. The maximum Gasteiger partial charge on any atom is 0.410 e. The van der Waals surface area contributed by atoms with Crippen molar-refractivity contribution in [2.75, 3.05) is 38.8 Å². The summed E-state index contributed by atoms with van der Waals surface area (Å²) in [5.74, 6) is -2.49. The lowest BCUT2D eigenvalue weighted by molar-refractivity contribution is -0.147. The minimum absolute atomic E-state index is 0.0519. The molecule has 0 aromatic heterocycles. The molecule has 18 heteroatoms. The van der Waals surface area contributed by atoms with Gasteiger partial charge in [0, 0.05) is 24.5 Å². The van der Waals surface area contributed by atoms with Gasteiger partial charge in [0.1, 0.15) is 11.2 Å². The van der Waals surface area contributed by atoms with Crippen LogP contribution in [0.25, 0.3) is 0 Å². The highest BCUT2D eigenvalue weighted by Gasteiger charge is 2.48. The van der Waals surface area contributed by atoms with Gasteiger partial charge >= 0.3 is 24.1 Å². The smallest absolute Gasteiger partial charge is 0.410 e. The summed E-state index contributed by atoms with van der Waals surface area (Å²) >= 11 is 0. The Kier molecular flexibility index (Phi) is 14.9. The first-order chi connectivity index (χ1) is 26.6. The summed E-state index contributed by atoms with van der Waals surface area (Å²) in [5, 5.41) is -1.37. The van der Waals surface area contributed by atoms with E-state index in [0.29, 0.717) is 35.3 Å². The van der Waals surface area contributed by atoms with Crippen molar-refractivity contribution in [1.29, 1.82) is 0 Å². The third kappa shape index (κ3) is 10.9. The van der Waals surface area contributed by atoms with Crippen LogP contribution in [0.3, 0.4) is 0 Å². The van der Waals surface area contributed by atoms with Crippen LogP contribution in [-0.2, 0) is 48.2 Å². The third-order valence-electron chi connectivity index (χ3n) is 9.62. The van der Waals surface area contributed by atoms with Gasteiger partial charge in [0.05, 0.1) is 58.4 Å². The van der Waals surface area contributed by atoms with E-state index in [1.165, 1.54) is 60.4 Å². The number of hydrogen-bond donors (Lipinski definition) is 2. The standard InChI is InChI=1S/2C20H30N2O6S/c2*1-12(2)29(25,26)16-8-7-13(21)11-15(16)17-14(18(23)27-6)9-10-22(17)19(24)28-20(3,4)5/h2*7-8,11-12,14,17H,9-10,21H2,1-6H3/t2*14-,17+/m10/s1. The predicted molar refractivity (Wildman–Crippen MR) is 218 cm³/mol. The number of nitrogens with zero attached hydrogens (tertiary/aromatic N) is 2. The zero-order valence-corrected chi connectivity index (χ0v) is 37.2. The summed E-state index contributed by atoms with van der Waals surface area (Å²) in [6.07, 6.45) is -0.590. The van der Waals surface area contributed by atoms with Crippen molar-refractivity contribution >= 4 is 55.2 Å². The largest absolute Gasteiger partial charge is 0.469 e. The molecule has 2 amide bonds. The predicted octanol–water partition coefficient (Wildman–Crippen LogP) is 5.84. The van der Waals surface area contributed by atoms with Crippen LogP contribution < -0.4 is 11.5 Å². The molecule has 2 aromatic rings. The Morgan fingerprint density at radius 2 is 0.931 bits per heavy atom. The summed E-state index contributed by atoms with van der Waals surface area (Å²) in [6.45, 7) is 17.2. The van der Waals surface area contributed by atoms with Crippen molar-refractivity contribution in [3.8, 4) is 0 Å². The molecule has 2 aromatic carbocycles. The van der Waals surface area contributed by atoms with Gasteiger partial charge in [-0.1, -0.05) is 0 Å². The van der Waals surface area contributed by atoms with Gasteiger partial charge in [0.2, 0.25) is 0 Å². The van der Waals surface area contributed by atoms with E-state index in [-0.39, 0.29) is 22.9 Å². The molecule has 4 rings (SSSR count). The van der Waals surface area contributed by atoms with Crippen molar-refractivity contribution in [3.63, 3.8) is 0 Å². The number of esters is 2. The molecule has 324 valence electrons. The average molecular weight is 853 g/mol. The van der Waals surface area contributed by atoms with Crippen LogP contribution >= 0.6 is 0 Å². The van der Waals surface area contributed by atoms with Crippen LogP contribution in [0.2, 0.25) is 0 Å². The van der Waals surface area contributed by atoms with Crippen LogP contribution in [0.4, 0.5) is 21.0 Å². The third-order valence-corrected chi connectivity index (χ3v) is 14.1.